The van der Waals surface area contributed by atoms with Crippen molar-refractivity contribution in [1.82, 2.24) is 5.32 Å². The lowest BCUT2D eigenvalue weighted by Gasteiger charge is -2.13. The van der Waals surface area contributed by atoms with Gasteiger partial charge in [-0.1, -0.05) is 41.9 Å². The maximum Gasteiger partial charge on any atom is 0.248 e. The van der Waals surface area contributed by atoms with E-state index in [1.807, 2.05) is 18.2 Å². The molecule has 0 aliphatic carbocycles. The van der Waals surface area contributed by atoms with Crippen molar-refractivity contribution in [2.24, 2.45) is 5.73 Å². The summed E-state index contributed by atoms with van der Waals surface area (Å²) in [4.78, 5) is 11.1. The lowest BCUT2D eigenvalue weighted by molar-refractivity contribution is 0.1000. The summed E-state index contributed by atoms with van der Waals surface area (Å²) in [7, 11) is 0. The van der Waals surface area contributed by atoms with E-state index < -0.39 is 12.0 Å². The number of rotatable bonds is 6. The minimum absolute atomic E-state index is 0.366. The predicted molar refractivity (Wildman–Crippen MR) is 83.1 cm³/mol. The van der Waals surface area contributed by atoms with E-state index in [9.17, 15) is 9.90 Å². The van der Waals surface area contributed by atoms with Crippen LogP contribution in [0.25, 0.3) is 0 Å². The van der Waals surface area contributed by atoms with Crippen LogP contribution in [0.5, 0.6) is 0 Å². The van der Waals surface area contributed by atoms with Crippen molar-refractivity contribution >= 4 is 17.5 Å². The number of carbonyl (C=O) groups excluding carboxylic acids is 1. The lowest BCUT2D eigenvalue weighted by atomic mass is 10.1. The summed E-state index contributed by atoms with van der Waals surface area (Å²) in [6.45, 7) is 0.896. The minimum atomic E-state index is -0.682. The van der Waals surface area contributed by atoms with Gasteiger partial charge in [-0.2, -0.15) is 0 Å². The van der Waals surface area contributed by atoms with Crippen LogP contribution in [0, 0.1) is 0 Å². The molecule has 2 aromatic rings. The van der Waals surface area contributed by atoms with Gasteiger partial charge in [0.05, 0.1) is 6.10 Å². The molecule has 110 valence electrons. The van der Waals surface area contributed by atoms with Crippen molar-refractivity contribution in [2.75, 3.05) is 6.54 Å². The highest BCUT2D eigenvalue weighted by atomic mass is 35.5. The van der Waals surface area contributed by atoms with Crippen molar-refractivity contribution in [2.45, 2.75) is 12.6 Å². The molecular formula is C16H17ClN2O2. The van der Waals surface area contributed by atoms with Gasteiger partial charge in [0, 0.05) is 29.2 Å². The molecular weight excluding hydrogens is 288 g/mol. The Kier molecular flexibility index (Phi) is 5.33. The number of amides is 1. The number of aliphatic hydroxyl groups excluding tert-OH is 1. The predicted octanol–water partition coefficient (Wildman–Crippen LogP) is 2.26. The van der Waals surface area contributed by atoms with E-state index in [-0.39, 0.29) is 0 Å². The van der Waals surface area contributed by atoms with E-state index in [4.69, 9.17) is 17.3 Å². The molecule has 1 atom stereocenters. The largest absolute Gasteiger partial charge is 0.387 e. The van der Waals surface area contributed by atoms with Crippen molar-refractivity contribution in [3.8, 4) is 0 Å². The molecule has 0 aromatic heterocycles. The first-order valence-electron chi connectivity index (χ1n) is 6.60. The summed E-state index contributed by atoms with van der Waals surface area (Å²) in [6.07, 6.45) is -0.682. The first kappa shape index (κ1) is 15.5. The SMILES string of the molecule is NC(=O)c1cccc(CNCC(O)c2ccccc2Cl)c1. The molecule has 0 saturated heterocycles. The van der Waals surface area contributed by atoms with E-state index in [0.717, 1.165) is 5.56 Å². The number of aliphatic hydroxyl groups is 1. The van der Waals surface area contributed by atoms with Crippen LogP contribution in [-0.4, -0.2) is 17.6 Å². The Bertz CT molecular complexity index is 631. The van der Waals surface area contributed by atoms with Crippen LogP contribution < -0.4 is 11.1 Å². The fourth-order valence-electron chi connectivity index (χ4n) is 2.04. The Morgan fingerprint density at radius 1 is 1.24 bits per heavy atom. The third kappa shape index (κ3) is 4.29. The summed E-state index contributed by atoms with van der Waals surface area (Å²) >= 11 is 6.03. The third-order valence-corrected chi connectivity index (χ3v) is 3.49. The number of hydrogen-bond acceptors (Lipinski definition) is 3. The summed E-state index contributed by atoms with van der Waals surface area (Å²) in [5.41, 5.74) is 7.33. The van der Waals surface area contributed by atoms with E-state index in [1.54, 1.807) is 30.3 Å². The van der Waals surface area contributed by atoms with E-state index >= 15 is 0 Å². The maximum absolute atomic E-state index is 11.1. The third-order valence-electron chi connectivity index (χ3n) is 3.14. The van der Waals surface area contributed by atoms with Gasteiger partial charge in [-0.05, 0) is 23.8 Å². The molecule has 0 spiro atoms. The normalized spacial score (nSPS) is 12.1. The Labute approximate surface area is 128 Å². The van der Waals surface area contributed by atoms with Crippen LogP contribution in [0.2, 0.25) is 5.02 Å². The van der Waals surface area contributed by atoms with Gasteiger partial charge < -0.3 is 16.2 Å². The molecule has 1 amide bonds. The quantitative estimate of drug-likeness (QED) is 0.766. The number of nitrogens with two attached hydrogens (primary N) is 1. The van der Waals surface area contributed by atoms with Gasteiger partial charge in [0.25, 0.3) is 0 Å². The summed E-state index contributed by atoms with van der Waals surface area (Å²) in [6, 6.07) is 14.3. The molecule has 0 bridgehead atoms. The molecule has 2 rings (SSSR count). The minimum Gasteiger partial charge on any atom is -0.387 e. The highest BCUT2D eigenvalue weighted by Gasteiger charge is 2.10. The zero-order valence-corrected chi connectivity index (χ0v) is 12.2. The van der Waals surface area contributed by atoms with Gasteiger partial charge >= 0.3 is 0 Å². The van der Waals surface area contributed by atoms with Crippen LogP contribution in [0.15, 0.2) is 48.5 Å². The monoisotopic (exact) mass is 304 g/mol. The Hall–Kier alpha value is -1.88. The Balaban J connectivity index is 1.91. The first-order valence-corrected chi connectivity index (χ1v) is 6.97. The second-order valence-corrected chi connectivity index (χ2v) is 5.14. The van der Waals surface area contributed by atoms with E-state index in [0.29, 0.717) is 29.2 Å². The zero-order chi connectivity index (χ0) is 15.2. The standard InChI is InChI=1S/C16H17ClN2O2/c17-14-7-2-1-6-13(14)15(20)10-19-9-11-4-3-5-12(8-11)16(18)21/h1-8,15,19-20H,9-10H2,(H2,18,21). The summed E-state index contributed by atoms with van der Waals surface area (Å²) < 4.78 is 0. The fourth-order valence-corrected chi connectivity index (χ4v) is 2.30. The maximum atomic E-state index is 11.1. The fraction of sp³-hybridized carbons (Fsp3) is 0.188. The highest BCUT2D eigenvalue weighted by Crippen LogP contribution is 2.21. The van der Waals surface area contributed by atoms with Gasteiger partial charge in [-0.3, -0.25) is 4.79 Å². The lowest BCUT2D eigenvalue weighted by Crippen LogP contribution is -2.21. The second kappa shape index (κ2) is 7.22. The van der Waals surface area contributed by atoms with Crippen LogP contribution in [0.3, 0.4) is 0 Å². The topological polar surface area (TPSA) is 75.4 Å². The second-order valence-electron chi connectivity index (χ2n) is 4.73. The van der Waals surface area contributed by atoms with Crippen LogP contribution in [0.1, 0.15) is 27.6 Å². The molecule has 0 aliphatic heterocycles. The smallest absolute Gasteiger partial charge is 0.248 e. The summed E-state index contributed by atoms with van der Waals surface area (Å²) in [5.74, 6) is -0.451. The molecule has 0 heterocycles. The molecule has 5 heteroatoms. The van der Waals surface area contributed by atoms with Gasteiger partial charge in [0.1, 0.15) is 0 Å². The van der Waals surface area contributed by atoms with Crippen LogP contribution in [-0.2, 0) is 6.54 Å². The molecule has 0 radical (unpaired) electrons. The molecule has 1 unspecified atom stereocenters. The van der Waals surface area contributed by atoms with Crippen molar-refractivity contribution in [1.29, 1.82) is 0 Å². The number of primary amides is 1. The molecule has 0 saturated carbocycles. The van der Waals surface area contributed by atoms with Gasteiger partial charge in [-0.25, -0.2) is 0 Å². The zero-order valence-electron chi connectivity index (χ0n) is 11.4. The number of hydrogen-bond donors (Lipinski definition) is 3. The number of nitrogens with one attached hydrogen (secondary N) is 1. The Morgan fingerprint density at radius 3 is 2.71 bits per heavy atom. The Morgan fingerprint density at radius 2 is 2.00 bits per heavy atom. The molecule has 2 aromatic carbocycles. The highest BCUT2D eigenvalue weighted by molar-refractivity contribution is 6.31. The van der Waals surface area contributed by atoms with Crippen molar-refractivity contribution < 1.29 is 9.90 Å². The first-order chi connectivity index (χ1) is 10.1. The molecule has 4 nitrogen and oxygen atoms in total. The molecule has 0 fully saturated rings. The van der Waals surface area contributed by atoms with Gasteiger partial charge in [0.15, 0.2) is 0 Å². The van der Waals surface area contributed by atoms with Gasteiger partial charge in [-0.15, -0.1) is 0 Å². The average Bonchev–Trinajstić information content (AvgIpc) is 2.48. The van der Waals surface area contributed by atoms with Gasteiger partial charge in [0.2, 0.25) is 5.91 Å². The molecule has 0 aliphatic rings. The van der Waals surface area contributed by atoms with E-state index in [2.05, 4.69) is 5.32 Å². The van der Waals surface area contributed by atoms with Crippen LogP contribution >= 0.6 is 11.6 Å². The number of carbonyl (C=O) groups is 1. The molecule has 21 heavy (non-hydrogen) atoms. The van der Waals surface area contributed by atoms with Crippen LogP contribution in [0.4, 0.5) is 0 Å². The van der Waals surface area contributed by atoms with Crippen molar-refractivity contribution in [3.63, 3.8) is 0 Å². The van der Waals surface area contributed by atoms with E-state index in [1.165, 1.54) is 0 Å². The average molecular weight is 305 g/mol. The summed E-state index contributed by atoms with van der Waals surface area (Å²) in [5, 5.41) is 13.8. The number of benzene rings is 2. The number of halogens is 1. The van der Waals surface area contributed by atoms with Crippen molar-refractivity contribution in [3.05, 3.63) is 70.2 Å². The molecule has 4 N–H and O–H groups in total.